The summed E-state index contributed by atoms with van der Waals surface area (Å²) in [7, 11) is 0. The van der Waals surface area contributed by atoms with Crippen LogP contribution in [0.15, 0.2) is 18.2 Å². The van der Waals surface area contributed by atoms with E-state index in [4.69, 9.17) is 16.2 Å². The normalized spacial score (nSPS) is 14.1. The van der Waals surface area contributed by atoms with E-state index in [1.54, 1.807) is 0 Å². The van der Waals surface area contributed by atoms with Gasteiger partial charge in [-0.05, 0) is 31.5 Å². The van der Waals surface area contributed by atoms with Crippen LogP contribution in [0.5, 0.6) is 5.75 Å². The van der Waals surface area contributed by atoms with Gasteiger partial charge in [-0.25, -0.2) is 4.39 Å². The molecule has 0 radical (unpaired) electrons. The summed E-state index contributed by atoms with van der Waals surface area (Å²) in [4.78, 5) is 10.8. The first kappa shape index (κ1) is 13.4. The zero-order valence-electron chi connectivity index (χ0n) is 10.00. The lowest BCUT2D eigenvalue weighted by molar-refractivity contribution is 0.0999. The van der Waals surface area contributed by atoms with Crippen LogP contribution in [0.3, 0.4) is 0 Å². The quantitative estimate of drug-likeness (QED) is 0.817. The molecule has 0 saturated carbocycles. The first-order valence-corrected chi connectivity index (χ1v) is 5.37. The summed E-state index contributed by atoms with van der Waals surface area (Å²) in [5, 5.41) is 0. The number of nitrogens with two attached hydrogens (primary N) is 2. The highest BCUT2D eigenvalue weighted by atomic mass is 19.1. The van der Waals surface area contributed by atoms with Gasteiger partial charge in [0.25, 0.3) is 0 Å². The van der Waals surface area contributed by atoms with Crippen molar-refractivity contribution < 1.29 is 13.9 Å². The first-order chi connectivity index (χ1) is 7.85. The molecule has 4 nitrogen and oxygen atoms in total. The maximum absolute atomic E-state index is 13.5. The molecule has 0 fully saturated rings. The van der Waals surface area contributed by atoms with Gasteiger partial charge < -0.3 is 16.2 Å². The number of rotatable bonds is 5. The largest absolute Gasteiger partial charge is 0.489 e. The summed E-state index contributed by atoms with van der Waals surface area (Å²) in [6, 6.07) is 3.85. The number of carbonyl (C=O) groups is 1. The second kappa shape index (κ2) is 5.14. The fourth-order valence-electron chi connectivity index (χ4n) is 1.12. The number of ether oxygens (including phenoxy) is 1. The summed E-state index contributed by atoms with van der Waals surface area (Å²) in [6.07, 6.45) is 0.716. The summed E-state index contributed by atoms with van der Waals surface area (Å²) >= 11 is 0. The van der Waals surface area contributed by atoms with Gasteiger partial charge in [-0.1, -0.05) is 6.92 Å². The van der Waals surface area contributed by atoms with E-state index >= 15 is 0 Å². The molecule has 0 aliphatic rings. The Balaban J connectivity index is 2.77. The van der Waals surface area contributed by atoms with Crippen molar-refractivity contribution in [2.75, 3.05) is 6.61 Å². The number of primary amides is 1. The van der Waals surface area contributed by atoms with Crippen LogP contribution in [0.2, 0.25) is 0 Å². The molecule has 1 rings (SSSR count). The van der Waals surface area contributed by atoms with E-state index in [2.05, 4.69) is 0 Å². The molecule has 0 aliphatic carbocycles. The van der Waals surface area contributed by atoms with E-state index in [0.717, 1.165) is 6.07 Å². The molecule has 1 atom stereocenters. The van der Waals surface area contributed by atoms with Crippen LogP contribution in [0.25, 0.3) is 0 Å². The van der Waals surface area contributed by atoms with Crippen LogP contribution in [0.1, 0.15) is 30.6 Å². The van der Waals surface area contributed by atoms with Crippen LogP contribution in [0.4, 0.5) is 4.39 Å². The van der Waals surface area contributed by atoms with E-state index < -0.39 is 17.3 Å². The summed E-state index contributed by atoms with van der Waals surface area (Å²) < 4.78 is 18.8. The topological polar surface area (TPSA) is 78.3 Å². The van der Waals surface area contributed by atoms with Crippen LogP contribution in [-0.4, -0.2) is 18.1 Å². The van der Waals surface area contributed by atoms with Gasteiger partial charge in [0.05, 0.1) is 0 Å². The summed E-state index contributed by atoms with van der Waals surface area (Å²) in [5.41, 5.74) is 10.5. The minimum Gasteiger partial charge on any atom is -0.489 e. The SMILES string of the molecule is CCC(C)(N)COc1ccc(C(N)=O)cc1F. The number of benzene rings is 1. The molecule has 4 N–H and O–H groups in total. The molecule has 0 bridgehead atoms. The third-order valence-electron chi connectivity index (χ3n) is 2.58. The fraction of sp³-hybridized carbons (Fsp3) is 0.417. The van der Waals surface area contributed by atoms with Crippen molar-refractivity contribution in [2.45, 2.75) is 25.8 Å². The lowest BCUT2D eigenvalue weighted by Gasteiger charge is -2.22. The Morgan fingerprint density at radius 1 is 1.53 bits per heavy atom. The van der Waals surface area contributed by atoms with Crippen molar-refractivity contribution in [3.8, 4) is 5.75 Å². The molecule has 1 unspecified atom stereocenters. The van der Waals surface area contributed by atoms with E-state index in [1.165, 1.54) is 12.1 Å². The monoisotopic (exact) mass is 240 g/mol. The minimum atomic E-state index is -0.673. The lowest BCUT2D eigenvalue weighted by Crippen LogP contribution is -2.41. The Labute approximate surface area is 99.7 Å². The molecule has 5 heteroatoms. The van der Waals surface area contributed by atoms with Gasteiger partial charge in [0, 0.05) is 11.1 Å². The second-order valence-corrected chi connectivity index (χ2v) is 4.31. The maximum atomic E-state index is 13.5. The van der Waals surface area contributed by atoms with Gasteiger partial charge in [0.2, 0.25) is 5.91 Å². The lowest BCUT2D eigenvalue weighted by atomic mass is 10.0. The molecule has 0 aliphatic heterocycles. The molecule has 1 amide bonds. The maximum Gasteiger partial charge on any atom is 0.248 e. The molecule has 1 aromatic carbocycles. The van der Waals surface area contributed by atoms with Crippen molar-refractivity contribution >= 4 is 5.91 Å². The number of halogens is 1. The molecule has 1 aromatic rings. The van der Waals surface area contributed by atoms with E-state index in [-0.39, 0.29) is 17.9 Å². The van der Waals surface area contributed by atoms with Gasteiger partial charge >= 0.3 is 0 Å². The van der Waals surface area contributed by atoms with Gasteiger partial charge in [0.15, 0.2) is 11.6 Å². The Bertz CT molecular complexity index is 419. The average molecular weight is 240 g/mol. The van der Waals surface area contributed by atoms with Crippen LogP contribution < -0.4 is 16.2 Å². The van der Waals surface area contributed by atoms with E-state index in [9.17, 15) is 9.18 Å². The zero-order chi connectivity index (χ0) is 13.1. The number of hydrogen-bond donors (Lipinski definition) is 2. The van der Waals surface area contributed by atoms with Crippen LogP contribution in [-0.2, 0) is 0 Å². The zero-order valence-corrected chi connectivity index (χ0v) is 10.00. The van der Waals surface area contributed by atoms with Gasteiger partial charge in [-0.15, -0.1) is 0 Å². The van der Waals surface area contributed by atoms with Crippen molar-refractivity contribution in [1.29, 1.82) is 0 Å². The smallest absolute Gasteiger partial charge is 0.248 e. The molecule has 0 saturated heterocycles. The Morgan fingerprint density at radius 2 is 2.18 bits per heavy atom. The second-order valence-electron chi connectivity index (χ2n) is 4.31. The third-order valence-corrected chi connectivity index (χ3v) is 2.58. The number of carbonyl (C=O) groups excluding carboxylic acids is 1. The van der Waals surface area contributed by atoms with E-state index in [1.807, 2.05) is 13.8 Å². The summed E-state index contributed by atoms with van der Waals surface area (Å²) in [6.45, 7) is 3.95. The highest BCUT2D eigenvalue weighted by molar-refractivity contribution is 5.92. The Kier molecular flexibility index (Phi) is 4.07. The van der Waals surface area contributed by atoms with Gasteiger partial charge in [0.1, 0.15) is 6.61 Å². The molecular weight excluding hydrogens is 223 g/mol. The fourth-order valence-corrected chi connectivity index (χ4v) is 1.12. The number of hydrogen-bond acceptors (Lipinski definition) is 3. The van der Waals surface area contributed by atoms with Gasteiger partial charge in [-0.3, -0.25) is 4.79 Å². The molecule has 17 heavy (non-hydrogen) atoms. The van der Waals surface area contributed by atoms with Crippen molar-refractivity contribution in [3.63, 3.8) is 0 Å². The third kappa shape index (κ3) is 3.71. The number of amides is 1. The highest BCUT2D eigenvalue weighted by Gasteiger charge is 2.17. The highest BCUT2D eigenvalue weighted by Crippen LogP contribution is 2.19. The molecule has 0 spiro atoms. The Hall–Kier alpha value is -1.62. The van der Waals surface area contributed by atoms with Gasteiger partial charge in [-0.2, -0.15) is 0 Å². The standard InChI is InChI=1S/C12H17FN2O2/c1-3-12(2,15)7-17-10-5-4-8(11(14)16)6-9(10)13/h4-6H,3,7,15H2,1-2H3,(H2,14,16). The molecular formula is C12H17FN2O2. The molecule has 0 aromatic heterocycles. The average Bonchev–Trinajstić information content (AvgIpc) is 2.27. The van der Waals surface area contributed by atoms with Crippen LogP contribution in [0, 0.1) is 5.82 Å². The van der Waals surface area contributed by atoms with Crippen molar-refractivity contribution in [1.82, 2.24) is 0 Å². The van der Waals surface area contributed by atoms with Crippen LogP contribution >= 0.6 is 0 Å². The van der Waals surface area contributed by atoms with E-state index in [0.29, 0.717) is 6.42 Å². The van der Waals surface area contributed by atoms with Crippen molar-refractivity contribution in [2.24, 2.45) is 11.5 Å². The Morgan fingerprint density at radius 3 is 2.65 bits per heavy atom. The predicted molar refractivity (Wildman–Crippen MR) is 63.3 cm³/mol. The minimum absolute atomic E-state index is 0.0696. The summed E-state index contributed by atoms with van der Waals surface area (Å²) in [5.74, 6) is -1.22. The first-order valence-electron chi connectivity index (χ1n) is 5.37. The molecule has 0 heterocycles. The predicted octanol–water partition coefficient (Wildman–Crippen LogP) is 1.43. The van der Waals surface area contributed by atoms with Crippen molar-refractivity contribution in [3.05, 3.63) is 29.6 Å². The molecule has 94 valence electrons.